The maximum Gasteiger partial charge on any atom is 0.258 e. The molecule has 0 aliphatic carbocycles. The lowest BCUT2D eigenvalue weighted by atomic mass is 10.6. The lowest BCUT2D eigenvalue weighted by Gasteiger charge is -1.96. The fraction of sp³-hybridized carbons (Fsp3) is 0.500. The van der Waals surface area contributed by atoms with Crippen LogP contribution in [0.15, 0.2) is 0 Å². The third-order valence-electron chi connectivity index (χ3n) is 0.943. The van der Waals surface area contributed by atoms with Crippen molar-refractivity contribution in [3.8, 4) is 6.07 Å². The van der Waals surface area contributed by atoms with Crippen LogP contribution in [0.2, 0.25) is 0 Å². The van der Waals surface area contributed by atoms with Crippen LogP contribution in [-0.2, 0) is 6.54 Å². The van der Waals surface area contributed by atoms with E-state index in [4.69, 9.17) is 5.26 Å². The smallest absolute Gasteiger partial charge is 0.211 e. The van der Waals surface area contributed by atoms with Gasteiger partial charge in [-0.2, -0.15) is 5.26 Å². The second-order valence-corrected chi connectivity index (χ2v) is 1.69. The first kappa shape index (κ1) is 7.53. The number of hydrogen-bond donors (Lipinski definition) is 0. The molecule has 1 heterocycles. The number of aromatic nitrogens is 4. The number of nitriles is 1. The lowest BCUT2D eigenvalue weighted by molar-refractivity contribution is 0.120. The predicted molar refractivity (Wildman–Crippen MR) is 28.5 cm³/mol. The van der Waals surface area contributed by atoms with Crippen molar-refractivity contribution >= 4 is 0 Å². The van der Waals surface area contributed by atoms with E-state index < -0.39 is 13.0 Å². The van der Waals surface area contributed by atoms with Crippen molar-refractivity contribution in [2.24, 2.45) is 0 Å². The van der Waals surface area contributed by atoms with E-state index in [1.807, 2.05) is 0 Å². The van der Waals surface area contributed by atoms with Crippen LogP contribution in [0.1, 0.15) is 5.82 Å². The molecule has 0 saturated heterocycles. The van der Waals surface area contributed by atoms with Gasteiger partial charge in [-0.15, -0.1) is 0 Å². The molecule has 0 saturated carbocycles. The zero-order chi connectivity index (χ0) is 8.27. The van der Waals surface area contributed by atoms with E-state index in [2.05, 4.69) is 15.5 Å². The van der Waals surface area contributed by atoms with Crippen LogP contribution in [-0.4, -0.2) is 26.6 Å². The summed E-state index contributed by atoms with van der Waals surface area (Å²) in [5.74, 6) is -0.203. The van der Waals surface area contributed by atoms with Crippen molar-refractivity contribution in [3.05, 3.63) is 5.82 Å². The maximum absolute atomic E-state index is 11.7. The van der Waals surface area contributed by atoms with E-state index in [1.54, 1.807) is 6.07 Å². The number of tetrazole rings is 1. The Balaban J connectivity index is 2.79. The zero-order valence-corrected chi connectivity index (χ0v) is 5.28. The first-order valence-electron chi connectivity index (χ1n) is 2.68. The van der Waals surface area contributed by atoms with Crippen molar-refractivity contribution < 1.29 is 8.78 Å². The molecule has 0 radical (unpaired) electrons. The number of alkyl halides is 2. The van der Waals surface area contributed by atoms with Gasteiger partial charge in [0.15, 0.2) is 0 Å². The maximum atomic E-state index is 11.7. The van der Waals surface area contributed by atoms with Gasteiger partial charge in [0.2, 0.25) is 0 Å². The van der Waals surface area contributed by atoms with Crippen LogP contribution >= 0.6 is 0 Å². The topological polar surface area (TPSA) is 67.4 Å². The van der Waals surface area contributed by atoms with Crippen molar-refractivity contribution in [1.82, 2.24) is 20.2 Å². The Labute approximate surface area is 60.2 Å². The van der Waals surface area contributed by atoms with Gasteiger partial charge in [-0.1, -0.05) is 5.10 Å². The Bertz CT molecular complexity index is 274. The molecule has 0 unspecified atom stereocenters. The molecule has 7 heteroatoms. The summed E-state index contributed by atoms with van der Waals surface area (Å²) in [5, 5.41) is 17.7. The average Bonchev–Trinajstić information content (AvgIpc) is 2.34. The largest absolute Gasteiger partial charge is 0.258 e. The van der Waals surface area contributed by atoms with Gasteiger partial charge < -0.3 is 0 Å². The minimum absolute atomic E-state index is 0.203. The summed E-state index contributed by atoms with van der Waals surface area (Å²) < 4.78 is 24.1. The second-order valence-electron chi connectivity index (χ2n) is 1.69. The number of nitrogens with zero attached hydrogens (tertiary/aromatic N) is 5. The molecule has 0 fully saturated rings. The van der Waals surface area contributed by atoms with Gasteiger partial charge in [-0.25, -0.2) is 13.5 Å². The van der Waals surface area contributed by atoms with E-state index in [1.165, 1.54) is 0 Å². The van der Waals surface area contributed by atoms with Gasteiger partial charge in [-0.05, 0) is 10.4 Å². The fourth-order valence-corrected chi connectivity index (χ4v) is 0.538. The quantitative estimate of drug-likeness (QED) is 0.599. The van der Waals surface area contributed by atoms with Crippen molar-refractivity contribution in [3.63, 3.8) is 0 Å². The molecule has 0 amide bonds. The van der Waals surface area contributed by atoms with E-state index in [-0.39, 0.29) is 5.82 Å². The van der Waals surface area contributed by atoms with Gasteiger partial charge in [-0.3, -0.25) is 0 Å². The van der Waals surface area contributed by atoms with Crippen molar-refractivity contribution in [1.29, 1.82) is 5.26 Å². The Hall–Kier alpha value is -1.58. The first-order chi connectivity index (χ1) is 5.24. The molecular weight excluding hydrogens is 156 g/mol. The predicted octanol–water partition coefficient (Wildman–Crippen LogP) is -0.190. The molecule has 0 aromatic carbocycles. The van der Waals surface area contributed by atoms with Crippen LogP contribution in [0, 0.1) is 11.3 Å². The average molecular weight is 159 g/mol. The highest BCUT2D eigenvalue weighted by molar-refractivity contribution is 5.05. The third-order valence-corrected chi connectivity index (χ3v) is 0.943. The molecule has 58 valence electrons. The summed E-state index contributed by atoms with van der Waals surface area (Å²) in [6.07, 6.45) is -2.55. The number of halogens is 2. The molecule has 11 heavy (non-hydrogen) atoms. The van der Waals surface area contributed by atoms with Crippen LogP contribution < -0.4 is 0 Å². The van der Waals surface area contributed by atoms with E-state index >= 15 is 0 Å². The molecule has 5 nitrogen and oxygen atoms in total. The molecule has 1 rings (SSSR count). The summed E-state index contributed by atoms with van der Waals surface area (Å²) in [5.41, 5.74) is 0. The van der Waals surface area contributed by atoms with Crippen LogP contribution in [0.25, 0.3) is 0 Å². The van der Waals surface area contributed by atoms with Gasteiger partial charge in [0, 0.05) is 0 Å². The van der Waals surface area contributed by atoms with E-state index in [9.17, 15) is 8.78 Å². The summed E-state index contributed by atoms with van der Waals surface area (Å²) in [7, 11) is 0. The van der Waals surface area contributed by atoms with Crippen LogP contribution in [0.4, 0.5) is 8.78 Å². The fourth-order valence-electron chi connectivity index (χ4n) is 0.538. The SMILES string of the molecule is N#Cc1nnnn1CC(F)F. The molecule has 0 aliphatic heterocycles. The summed E-state index contributed by atoms with van der Waals surface area (Å²) in [6.45, 7) is -0.643. The minimum atomic E-state index is -2.55. The number of rotatable bonds is 2. The normalized spacial score (nSPS) is 10.0. The van der Waals surface area contributed by atoms with E-state index in [0.29, 0.717) is 0 Å². The van der Waals surface area contributed by atoms with Gasteiger partial charge >= 0.3 is 0 Å². The van der Waals surface area contributed by atoms with E-state index in [0.717, 1.165) is 4.68 Å². The molecule has 1 aromatic rings. The number of hydrogen-bond acceptors (Lipinski definition) is 4. The highest BCUT2D eigenvalue weighted by Gasteiger charge is 2.09. The summed E-state index contributed by atoms with van der Waals surface area (Å²) in [4.78, 5) is 0. The standard InChI is InChI=1S/C4H3F2N5/c5-3(6)2-11-4(1-7)8-9-10-11/h3H,2H2. The monoisotopic (exact) mass is 159 g/mol. The molecule has 1 aromatic heterocycles. The Morgan fingerprint density at radius 1 is 1.64 bits per heavy atom. The van der Waals surface area contributed by atoms with Gasteiger partial charge in [0.1, 0.15) is 12.6 Å². The zero-order valence-electron chi connectivity index (χ0n) is 5.28. The highest BCUT2D eigenvalue weighted by Crippen LogP contribution is 1.97. The molecule has 0 N–H and O–H groups in total. The summed E-state index contributed by atoms with van der Waals surface area (Å²) >= 11 is 0. The highest BCUT2D eigenvalue weighted by atomic mass is 19.3. The van der Waals surface area contributed by atoms with Crippen LogP contribution in [0.3, 0.4) is 0 Å². The minimum Gasteiger partial charge on any atom is -0.211 e. The summed E-state index contributed by atoms with van der Waals surface area (Å²) in [6, 6.07) is 1.57. The Kier molecular flexibility index (Phi) is 2.06. The third kappa shape index (κ3) is 1.67. The van der Waals surface area contributed by atoms with Gasteiger partial charge in [0.25, 0.3) is 12.2 Å². The molecular formula is C4H3F2N5. The molecule has 0 aliphatic rings. The second kappa shape index (κ2) is 3.01. The van der Waals surface area contributed by atoms with Crippen molar-refractivity contribution in [2.45, 2.75) is 13.0 Å². The lowest BCUT2D eigenvalue weighted by Crippen LogP contribution is -2.10. The molecule has 0 spiro atoms. The Morgan fingerprint density at radius 3 is 2.91 bits per heavy atom. The van der Waals surface area contributed by atoms with Crippen molar-refractivity contribution in [2.75, 3.05) is 0 Å². The Morgan fingerprint density at radius 2 is 2.36 bits per heavy atom. The molecule has 0 bridgehead atoms. The molecule has 0 atom stereocenters. The first-order valence-corrected chi connectivity index (χ1v) is 2.68. The van der Waals surface area contributed by atoms with Crippen LogP contribution in [0.5, 0.6) is 0 Å². The van der Waals surface area contributed by atoms with Gasteiger partial charge in [0.05, 0.1) is 0 Å².